The lowest BCUT2D eigenvalue weighted by atomic mass is 9.96. The number of methoxy groups -OCH3 is 1. The second-order valence-electron chi connectivity index (χ2n) is 6.94. The Hall–Kier alpha value is -2.12. The van der Waals surface area contributed by atoms with E-state index in [9.17, 15) is 4.79 Å². The van der Waals surface area contributed by atoms with E-state index in [1.54, 1.807) is 7.11 Å². The van der Waals surface area contributed by atoms with Crippen LogP contribution < -0.4 is 15.4 Å². The number of carbonyl (C=O) groups excluding carboxylic acids is 1. The number of ether oxygens (including phenoxy) is 1. The normalized spacial score (nSPS) is 16.2. The molecule has 1 aliphatic rings. The molecule has 0 radical (unpaired) electrons. The zero-order chi connectivity index (χ0) is 18.9. The fourth-order valence-electron chi connectivity index (χ4n) is 3.29. The summed E-state index contributed by atoms with van der Waals surface area (Å²) in [5.41, 5.74) is 0.876. The average Bonchev–Trinajstić information content (AvgIpc) is 3.18. The third-order valence-corrected chi connectivity index (χ3v) is 4.88. The molecule has 28 heavy (non-hydrogen) atoms. The molecule has 1 unspecified atom stereocenters. The standard InChI is InChI=1S/C20H28N4O3.ClH/c1-26-17-9-7-16(8-10-17)20-23-19(27-24-20)6-2-5-18(25)22-13-11-15-4-3-12-21-14-15;/h7-10,15,21H,2-6,11-14H2,1H3,(H,22,25);1H. The van der Waals surface area contributed by atoms with Gasteiger partial charge in [-0.1, -0.05) is 5.16 Å². The first kappa shape index (κ1) is 22.2. The molecular weight excluding hydrogens is 380 g/mol. The van der Waals surface area contributed by atoms with Gasteiger partial charge in [-0.05, 0) is 69.0 Å². The summed E-state index contributed by atoms with van der Waals surface area (Å²) in [7, 11) is 1.63. The molecule has 0 spiro atoms. The van der Waals surface area contributed by atoms with Crippen molar-refractivity contribution in [3.05, 3.63) is 30.2 Å². The number of nitrogens with zero attached hydrogens (tertiary/aromatic N) is 2. The fourth-order valence-corrected chi connectivity index (χ4v) is 3.29. The molecule has 1 aromatic carbocycles. The summed E-state index contributed by atoms with van der Waals surface area (Å²) in [4.78, 5) is 16.4. The van der Waals surface area contributed by atoms with Gasteiger partial charge in [0.1, 0.15) is 5.75 Å². The summed E-state index contributed by atoms with van der Waals surface area (Å²) in [6.45, 7) is 2.95. The first-order valence-electron chi connectivity index (χ1n) is 9.69. The Morgan fingerprint density at radius 2 is 2.18 bits per heavy atom. The van der Waals surface area contributed by atoms with E-state index in [0.29, 0.717) is 36.9 Å². The third-order valence-electron chi connectivity index (χ3n) is 4.88. The number of aromatic nitrogens is 2. The van der Waals surface area contributed by atoms with Gasteiger partial charge in [-0.15, -0.1) is 12.4 Å². The number of hydrogen-bond donors (Lipinski definition) is 2. The van der Waals surface area contributed by atoms with Crippen LogP contribution in [0, 0.1) is 5.92 Å². The summed E-state index contributed by atoms with van der Waals surface area (Å²) in [5.74, 6) is 2.68. The Kier molecular flexibility index (Phi) is 9.23. The van der Waals surface area contributed by atoms with Crippen molar-refractivity contribution in [1.29, 1.82) is 0 Å². The predicted molar refractivity (Wildman–Crippen MR) is 110 cm³/mol. The van der Waals surface area contributed by atoms with Crippen molar-refractivity contribution in [1.82, 2.24) is 20.8 Å². The zero-order valence-electron chi connectivity index (χ0n) is 16.3. The van der Waals surface area contributed by atoms with E-state index in [1.165, 1.54) is 12.8 Å². The molecular formula is C20H29ClN4O3. The highest BCUT2D eigenvalue weighted by molar-refractivity contribution is 5.85. The van der Waals surface area contributed by atoms with Gasteiger partial charge in [0.25, 0.3) is 0 Å². The summed E-state index contributed by atoms with van der Waals surface area (Å²) in [6.07, 6.45) is 5.32. The molecule has 2 heterocycles. The predicted octanol–water partition coefficient (Wildman–Crippen LogP) is 3.00. The van der Waals surface area contributed by atoms with Gasteiger partial charge in [0.05, 0.1) is 7.11 Å². The van der Waals surface area contributed by atoms with Crippen LogP contribution in [0.5, 0.6) is 5.75 Å². The van der Waals surface area contributed by atoms with Crippen molar-refractivity contribution in [2.24, 2.45) is 5.92 Å². The van der Waals surface area contributed by atoms with Gasteiger partial charge in [0, 0.05) is 24.9 Å². The lowest BCUT2D eigenvalue weighted by Crippen LogP contribution is -2.33. The first-order valence-corrected chi connectivity index (χ1v) is 9.69. The van der Waals surface area contributed by atoms with Crippen molar-refractivity contribution in [2.45, 2.75) is 38.5 Å². The van der Waals surface area contributed by atoms with E-state index in [1.807, 2.05) is 24.3 Å². The fraction of sp³-hybridized carbons (Fsp3) is 0.550. The molecule has 1 fully saturated rings. The molecule has 1 amide bonds. The molecule has 2 N–H and O–H groups in total. The van der Waals surface area contributed by atoms with Crippen LogP contribution in [0.4, 0.5) is 0 Å². The summed E-state index contributed by atoms with van der Waals surface area (Å²) < 4.78 is 10.4. The Morgan fingerprint density at radius 3 is 2.89 bits per heavy atom. The largest absolute Gasteiger partial charge is 0.497 e. The lowest BCUT2D eigenvalue weighted by Gasteiger charge is -2.22. The van der Waals surface area contributed by atoms with E-state index in [-0.39, 0.29) is 18.3 Å². The van der Waals surface area contributed by atoms with Crippen molar-refractivity contribution in [3.8, 4) is 17.1 Å². The quantitative estimate of drug-likeness (QED) is 0.663. The number of piperidine rings is 1. The highest BCUT2D eigenvalue weighted by Gasteiger charge is 2.13. The molecule has 1 atom stereocenters. The third kappa shape index (κ3) is 6.80. The van der Waals surface area contributed by atoms with E-state index in [4.69, 9.17) is 9.26 Å². The van der Waals surface area contributed by atoms with Gasteiger partial charge < -0.3 is 19.9 Å². The summed E-state index contributed by atoms with van der Waals surface area (Å²) in [5, 5.41) is 10.4. The van der Waals surface area contributed by atoms with Crippen LogP contribution in [-0.4, -0.2) is 42.8 Å². The van der Waals surface area contributed by atoms with Crippen LogP contribution in [0.25, 0.3) is 11.4 Å². The minimum Gasteiger partial charge on any atom is -0.497 e. The molecule has 7 nitrogen and oxygen atoms in total. The maximum Gasteiger partial charge on any atom is 0.226 e. The molecule has 1 saturated heterocycles. The minimum absolute atomic E-state index is 0. The molecule has 1 aromatic heterocycles. The molecule has 0 aliphatic carbocycles. The number of amides is 1. The van der Waals surface area contributed by atoms with Crippen LogP contribution in [0.3, 0.4) is 0 Å². The number of halogens is 1. The van der Waals surface area contributed by atoms with E-state index in [0.717, 1.165) is 37.4 Å². The van der Waals surface area contributed by atoms with Crippen molar-refractivity contribution in [2.75, 3.05) is 26.7 Å². The van der Waals surface area contributed by atoms with Gasteiger partial charge in [0.15, 0.2) is 0 Å². The number of carbonyl (C=O) groups is 1. The number of aryl methyl sites for hydroxylation is 1. The van der Waals surface area contributed by atoms with Crippen LogP contribution in [0.15, 0.2) is 28.8 Å². The molecule has 154 valence electrons. The smallest absolute Gasteiger partial charge is 0.226 e. The van der Waals surface area contributed by atoms with Crippen LogP contribution >= 0.6 is 12.4 Å². The molecule has 0 bridgehead atoms. The number of nitrogens with one attached hydrogen (secondary N) is 2. The Labute approximate surface area is 172 Å². The Morgan fingerprint density at radius 1 is 1.36 bits per heavy atom. The SMILES string of the molecule is COc1ccc(-c2noc(CCCC(=O)NCCC3CCCNC3)n2)cc1.Cl. The first-order chi connectivity index (χ1) is 13.2. The van der Waals surface area contributed by atoms with Gasteiger partial charge in [-0.3, -0.25) is 4.79 Å². The zero-order valence-corrected chi connectivity index (χ0v) is 17.1. The number of benzene rings is 1. The molecule has 2 aromatic rings. The number of hydrogen-bond acceptors (Lipinski definition) is 6. The molecule has 3 rings (SSSR count). The highest BCUT2D eigenvalue weighted by atomic mass is 35.5. The summed E-state index contributed by atoms with van der Waals surface area (Å²) >= 11 is 0. The Balaban J connectivity index is 0.00000280. The van der Waals surface area contributed by atoms with Gasteiger partial charge in [-0.2, -0.15) is 4.98 Å². The van der Waals surface area contributed by atoms with Crippen LogP contribution in [0.1, 0.15) is 38.0 Å². The van der Waals surface area contributed by atoms with Gasteiger partial charge >= 0.3 is 0 Å². The monoisotopic (exact) mass is 408 g/mol. The lowest BCUT2D eigenvalue weighted by molar-refractivity contribution is -0.121. The van der Waals surface area contributed by atoms with E-state index in [2.05, 4.69) is 20.8 Å². The Bertz CT molecular complexity index is 714. The molecule has 0 saturated carbocycles. The van der Waals surface area contributed by atoms with Crippen LogP contribution in [0.2, 0.25) is 0 Å². The second-order valence-corrected chi connectivity index (χ2v) is 6.94. The second kappa shape index (κ2) is 11.7. The molecule has 8 heteroatoms. The van der Waals surface area contributed by atoms with Gasteiger partial charge in [0.2, 0.25) is 17.6 Å². The minimum atomic E-state index is 0. The molecule has 1 aliphatic heterocycles. The van der Waals surface area contributed by atoms with E-state index >= 15 is 0 Å². The average molecular weight is 409 g/mol. The maximum absolute atomic E-state index is 12.0. The van der Waals surface area contributed by atoms with Crippen LogP contribution in [-0.2, 0) is 11.2 Å². The topological polar surface area (TPSA) is 89.3 Å². The highest BCUT2D eigenvalue weighted by Crippen LogP contribution is 2.20. The number of rotatable bonds is 9. The van der Waals surface area contributed by atoms with Crippen molar-refractivity contribution >= 4 is 18.3 Å². The maximum atomic E-state index is 12.0. The van der Waals surface area contributed by atoms with Crippen molar-refractivity contribution < 1.29 is 14.1 Å². The summed E-state index contributed by atoms with van der Waals surface area (Å²) in [6, 6.07) is 7.50. The van der Waals surface area contributed by atoms with Gasteiger partial charge in [-0.25, -0.2) is 0 Å². The van der Waals surface area contributed by atoms with E-state index < -0.39 is 0 Å². The van der Waals surface area contributed by atoms with Crippen molar-refractivity contribution in [3.63, 3.8) is 0 Å².